The maximum Gasteiger partial charge on any atom is 0.148 e. The Morgan fingerprint density at radius 1 is 1.27 bits per heavy atom. The summed E-state index contributed by atoms with van der Waals surface area (Å²) in [5.41, 5.74) is 0.239. The van der Waals surface area contributed by atoms with Crippen LogP contribution in [0, 0.1) is 17.1 Å². The van der Waals surface area contributed by atoms with Gasteiger partial charge < -0.3 is 9.52 Å². The minimum absolute atomic E-state index is 0.127. The van der Waals surface area contributed by atoms with E-state index in [2.05, 4.69) is 11.1 Å². The SMILES string of the molecule is CC(C)(O)c1c(F)cncc1-c1cc2cc(C#N)ccc2o1. The molecular weight excluding hydrogens is 283 g/mol. The summed E-state index contributed by atoms with van der Waals surface area (Å²) >= 11 is 0. The smallest absolute Gasteiger partial charge is 0.148 e. The summed E-state index contributed by atoms with van der Waals surface area (Å²) in [4.78, 5) is 3.84. The highest BCUT2D eigenvalue weighted by Gasteiger charge is 2.26. The molecule has 0 saturated carbocycles. The predicted octanol–water partition coefficient (Wildman–Crippen LogP) is 3.73. The molecule has 1 N–H and O–H groups in total. The molecule has 3 rings (SSSR count). The summed E-state index contributed by atoms with van der Waals surface area (Å²) in [6.45, 7) is 3.01. The van der Waals surface area contributed by atoms with Crippen LogP contribution in [0.3, 0.4) is 0 Å². The Bertz CT molecular complexity index is 901. The molecule has 0 saturated heterocycles. The Balaban J connectivity index is 2.24. The van der Waals surface area contributed by atoms with Gasteiger partial charge in [0.2, 0.25) is 0 Å². The molecule has 0 aliphatic heterocycles. The highest BCUT2D eigenvalue weighted by atomic mass is 19.1. The van der Waals surface area contributed by atoms with Gasteiger partial charge in [-0.15, -0.1) is 0 Å². The van der Waals surface area contributed by atoms with Crippen molar-refractivity contribution < 1.29 is 13.9 Å². The van der Waals surface area contributed by atoms with E-state index in [1.165, 1.54) is 20.0 Å². The Labute approximate surface area is 126 Å². The van der Waals surface area contributed by atoms with Crippen LogP contribution in [0.25, 0.3) is 22.3 Å². The van der Waals surface area contributed by atoms with Gasteiger partial charge in [0.05, 0.1) is 23.4 Å². The predicted molar refractivity (Wildman–Crippen MR) is 79.4 cm³/mol. The van der Waals surface area contributed by atoms with E-state index in [1.54, 1.807) is 24.3 Å². The molecule has 0 atom stereocenters. The van der Waals surface area contributed by atoms with Crippen molar-refractivity contribution in [2.45, 2.75) is 19.4 Å². The van der Waals surface area contributed by atoms with Gasteiger partial charge in [0, 0.05) is 22.7 Å². The van der Waals surface area contributed by atoms with Crippen molar-refractivity contribution in [2.75, 3.05) is 0 Å². The number of halogens is 1. The van der Waals surface area contributed by atoms with Crippen LogP contribution in [0.15, 0.2) is 41.1 Å². The molecule has 0 aliphatic carbocycles. The minimum Gasteiger partial charge on any atom is -0.456 e. The van der Waals surface area contributed by atoms with Gasteiger partial charge in [-0.3, -0.25) is 4.98 Å². The maximum absolute atomic E-state index is 14.1. The van der Waals surface area contributed by atoms with E-state index in [1.807, 2.05) is 0 Å². The molecular formula is C17H13FN2O2. The molecule has 2 aromatic heterocycles. The fourth-order valence-electron chi connectivity index (χ4n) is 2.49. The van der Waals surface area contributed by atoms with Crippen LogP contribution < -0.4 is 0 Å². The van der Waals surface area contributed by atoms with E-state index in [0.29, 0.717) is 22.5 Å². The second-order valence-corrected chi connectivity index (χ2v) is 5.58. The first-order valence-electron chi connectivity index (χ1n) is 6.70. The molecule has 0 fully saturated rings. The lowest BCUT2D eigenvalue weighted by Gasteiger charge is -2.20. The standard InChI is InChI=1S/C17H13FN2O2/c1-17(2,21)16-12(8-20-9-13(16)18)15-6-11-5-10(7-19)3-4-14(11)22-15/h3-6,8-9,21H,1-2H3. The number of rotatable bonds is 2. The topological polar surface area (TPSA) is 70.1 Å². The van der Waals surface area contributed by atoms with Crippen LogP contribution in [-0.2, 0) is 5.60 Å². The maximum atomic E-state index is 14.1. The van der Waals surface area contributed by atoms with Crippen molar-refractivity contribution in [1.29, 1.82) is 5.26 Å². The lowest BCUT2D eigenvalue weighted by Crippen LogP contribution is -2.19. The van der Waals surface area contributed by atoms with Gasteiger partial charge >= 0.3 is 0 Å². The molecule has 0 amide bonds. The fourth-order valence-corrected chi connectivity index (χ4v) is 2.49. The summed E-state index contributed by atoms with van der Waals surface area (Å²) in [6.07, 6.45) is 2.52. The van der Waals surface area contributed by atoms with Gasteiger partial charge in [-0.1, -0.05) is 0 Å². The van der Waals surface area contributed by atoms with E-state index >= 15 is 0 Å². The van der Waals surface area contributed by atoms with E-state index in [4.69, 9.17) is 9.68 Å². The average molecular weight is 296 g/mol. The third-order valence-electron chi connectivity index (χ3n) is 3.42. The number of pyridine rings is 1. The number of aliphatic hydroxyl groups is 1. The highest BCUT2D eigenvalue weighted by molar-refractivity contribution is 5.84. The van der Waals surface area contributed by atoms with Gasteiger partial charge in [0.15, 0.2) is 0 Å². The van der Waals surface area contributed by atoms with E-state index < -0.39 is 11.4 Å². The largest absolute Gasteiger partial charge is 0.456 e. The molecule has 0 aliphatic rings. The highest BCUT2D eigenvalue weighted by Crippen LogP contribution is 2.35. The van der Waals surface area contributed by atoms with Crippen molar-refractivity contribution in [1.82, 2.24) is 4.98 Å². The van der Waals surface area contributed by atoms with Gasteiger partial charge in [-0.05, 0) is 38.1 Å². The number of hydrogen-bond acceptors (Lipinski definition) is 4. The molecule has 0 unspecified atom stereocenters. The van der Waals surface area contributed by atoms with Crippen LogP contribution in [0.1, 0.15) is 25.0 Å². The molecule has 2 heterocycles. The quantitative estimate of drug-likeness (QED) is 0.782. The number of benzene rings is 1. The molecule has 4 nitrogen and oxygen atoms in total. The van der Waals surface area contributed by atoms with Crippen LogP contribution >= 0.6 is 0 Å². The number of nitrogens with zero attached hydrogens (tertiary/aromatic N) is 2. The van der Waals surface area contributed by atoms with Crippen LogP contribution in [0.2, 0.25) is 0 Å². The van der Waals surface area contributed by atoms with Gasteiger partial charge in [0.1, 0.15) is 17.2 Å². The summed E-state index contributed by atoms with van der Waals surface area (Å²) in [5, 5.41) is 19.9. The normalized spacial score (nSPS) is 11.6. The van der Waals surface area contributed by atoms with Crippen LogP contribution in [0.4, 0.5) is 4.39 Å². The summed E-state index contributed by atoms with van der Waals surface area (Å²) < 4.78 is 19.8. The zero-order valence-corrected chi connectivity index (χ0v) is 12.1. The Kier molecular flexibility index (Phi) is 3.19. The molecule has 1 aromatic carbocycles. The average Bonchev–Trinajstić information content (AvgIpc) is 2.88. The number of hydrogen-bond donors (Lipinski definition) is 1. The third-order valence-corrected chi connectivity index (χ3v) is 3.42. The monoisotopic (exact) mass is 296 g/mol. The fraction of sp³-hybridized carbons (Fsp3) is 0.176. The molecule has 0 spiro atoms. The van der Waals surface area contributed by atoms with Crippen molar-refractivity contribution in [3.63, 3.8) is 0 Å². The van der Waals surface area contributed by atoms with Crippen molar-refractivity contribution in [2.24, 2.45) is 0 Å². The van der Waals surface area contributed by atoms with Crippen molar-refractivity contribution in [3.05, 3.63) is 53.6 Å². The minimum atomic E-state index is -1.38. The van der Waals surface area contributed by atoms with Crippen molar-refractivity contribution >= 4 is 11.0 Å². The summed E-state index contributed by atoms with van der Waals surface area (Å²) in [7, 11) is 0. The van der Waals surface area contributed by atoms with E-state index in [0.717, 1.165) is 11.6 Å². The molecule has 5 heteroatoms. The number of aromatic nitrogens is 1. The van der Waals surface area contributed by atoms with Gasteiger partial charge in [0.25, 0.3) is 0 Å². The second kappa shape index (κ2) is 4.93. The van der Waals surface area contributed by atoms with Crippen molar-refractivity contribution in [3.8, 4) is 17.4 Å². The molecule has 0 radical (unpaired) electrons. The summed E-state index contributed by atoms with van der Waals surface area (Å²) in [5.74, 6) is -0.197. The molecule has 3 aromatic rings. The molecule has 110 valence electrons. The first-order valence-corrected chi connectivity index (χ1v) is 6.70. The Morgan fingerprint density at radius 3 is 2.73 bits per heavy atom. The zero-order valence-electron chi connectivity index (χ0n) is 12.1. The van der Waals surface area contributed by atoms with E-state index in [9.17, 15) is 9.50 Å². The first kappa shape index (κ1) is 14.2. The lowest BCUT2D eigenvalue weighted by atomic mass is 9.93. The van der Waals surface area contributed by atoms with E-state index in [-0.39, 0.29) is 5.56 Å². The van der Waals surface area contributed by atoms with Gasteiger partial charge in [-0.25, -0.2) is 4.39 Å². The number of furan rings is 1. The van der Waals surface area contributed by atoms with Crippen LogP contribution in [0.5, 0.6) is 0 Å². The summed E-state index contributed by atoms with van der Waals surface area (Å²) in [6, 6.07) is 8.80. The lowest BCUT2D eigenvalue weighted by molar-refractivity contribution is 0.0749. The Morgan fingerprint density at radius 2 is 2.05 bits per heavy atom. The Hall–Kier alpha value is -2.71. The van der Waals surface area contributed by atoms with Crippen LogP contribution in [-0.4, -0.2) is 10.1 Å². The van der Waals surface area contributed by atoms with Gasteiger partial charge in [-0.2, -0.15) is 5.26 Å². The number of nitriles is 1. The second-order valence-electron chi connectivity index (χ2n) is 5.58. The molecule has 0 bridgehead atoms. The number of fused-ring (bicyclic) bond motifs is 1. The molecule has 22 heavy (non-hydrogen) atoms. The third kappa shape index (κ3) is 2.34. The zero-order chi connectivity index (χ0) is 15.9. The first-order chi connectivity index (χ1) is 10.4.